The number of carbonyl (C=O) groups excluding carboxylic acids is 1. The predicted octanol–water partition coefficient (Wildman–Crippen LogP) is 4.63. The van der Waals surface area contributed by atoms with Crippen molar-refractivity contribution in [3.8, 4) is 5.75 Å². The van der Waals surface area contributed by atoms with Crippen LogP contribution in [0.15, 0.2) is 42.5 Å². The summed E-state index contributed by atoms with van der Waals surface area (Å²) in [6.07, 6.45) is 1.45. The molecule has 0 saturated carbocycles. The molecule has 4 rings (SSSR count). The maximum absolute atomic E-state index is 14.5. The van der Waals surface area contributed by atoms with Gasteiger partial charge in [-0.25, -0.2) is 9.37 Å². The quantitative estimate of drug-likeness (QED) is 0.660. The lowest BCUT2D eigenvalue weighted by molar-refractivity contribution is 0.0979. The average Bonchev–Trinajstić information content (AvgIpc) is 2.65. The first-order chi connectivity index (χ1) is 12.6. The second-order valence-electron chi connectivity index (χ2n) is 6.21. The summed E-state index contributed by atoms with van der Waals surface area (Å²) < 4.78 is 19.7. The molecule has 0 atom stereocenters. The second kappa shape index (κ2) is 6.57. The number of amides is 1. The number of benzene rings is 2. The normalized spacial score (nSPS) is 13.6. The van der Waals surface area contributed by atoms with E-state index in [4.69, 9.17) is 16.3 Å². The van der Waals surface area contributed by atoms with Crippen LogP contribution < -0.4 is 9.64 Å². The van der Waals surface area contributed by atoms with Crippen molar-refractivity contribution in [1.82, 2.24) is 4.98 Å². The van der Waals surface area contributed by atoms with Crippen molar-refractivity contribution in [1.29, 1.82) is 0 Å². The third kappa shape index (κ3) is 2.88. The molecular formula is C20H16ClFN2O2. The van der Waals surface area contributed by atoms with Gasteiger partial charge in [0, 0.05) is 17.0 Å². The Balaban J connectivity index is 1.74. The third-order valence-corrected chi connectivity index (χ3v) is 4.78. The Morgan fingerprint density at radius 1 is 1.23 bits per heavy atom. The Morgan fingerprint density at radius 3 is 2.88 bits per heavy atom. The summed E-state index contributed by atoms with van der Waals surface area (Å²) in [4.78, 5) is 18.9. The van der Waals surface area contributed by atoms with Gasteiger partial charge in [-0.15, -0.1) is 0 Å². The van der Waals surface area contributed by atoms with Crippen molar-refractivity contribution < 1.29 is 13.9 Å². The lowest BCUT2D eigenvalue weighted by Crippen LogP contribution is -2.36. The monoisotopic (exact) mass is 370 g/mol. The molecule has 26 heavy (non-hydrogen) atoms. The van der Waals surface area contributed by atoms with Gasteiger partial charge in [0.2, 0.25) is 0 Å². The van der Waals surface area contributed by atoms with Crippen molar-refractivity contribution in [3.05, 3.63) is 64.6 Å². The second-order valence-corrected chi connectivity index (χ2v) is 6.65. The lowest BCUT2D eigenvalue weighted by atomic mass is 10.0. The van der Waals surface area contributed by atoms with Crippen LogP contribution in [0.4, 0.5) is 10.1 Å². The summed E-state index contributed by atoms with van der Waals surface area (Å²) in [5, 5.41) is 1.21. The number of aromatic nitrogens is 1. The van der Waals surface area contributed by atoms with E-state index in [0.717, 1.165) is 23.1 Å². The summed E-state index contributed by atoms with van der Waals surface area (Å²) in [5.74, 6) is -0.0711. The summed E-state index contributed by atoms with van der Waals surface area (Å²) in [5.41, 5.74) is 2.03. The Hall–Kier alpha value is -2.66. The first-order valence-electron chi connectivity index (χ1n) is 8.31. The van der Waals surface area contributed by atoms with E-state index in [1.165, 1.54) is 11.0 Å². The van der Waals surface area contributed by atoms with Crippen molar-refractivity contribution in [2.24, 2.45) is 0 Å². The minimum absolute atomic E-state index is 0.282. The Morgan fingerprint density at radius 2 is 2.08 bits per heavy atom. The van der Waals surface area contributed by atoms with Crippen molar-refractivity contribution in [2.75, 3.05) is 18.6 Å². The van der Waals surface area contributed by atoms with Crippen molar-refractivity contribution in [2.45, 2.75) is 12.8 Å². The number of halogens is 2. The minimum atomic E-state index is -0.480. The van der Waals surface area contributed by atoms with E-state index < -0.39 is 5.82 Å². The van der Waals surface area contributed by atoms with Crippen LogP contribution in [0.1, 0.15) is 22.5 Å². The molecule has 2 heterocycles. The summed E-state index contributed by atoms with van der Waals surface area (Å²) in [6.45, 7) is 0.451. The number of anilines is 1. The van der Waals surface area contributed by atoms with Gasteiger partial charge >= 0.3 is 0 Å². The number of hydrogen-bond donors (Lipinski definition) is 0. The van der Waals surface area contributed by atoms with Crippen LogP contribution in [-0.4, -0.2) is 24.5 Å². The SMILES string of the molecule is COc1ccc2nc(C(=O)N3CCCc4cc(Cl)cc(F)c43)ccc2c1. The van der Waals surface area contributed by atoms with Crippen LogP contribution in [0.5, 0.6) is 5.75 Å². The fourth-order valence-electron chi connectivity index (χ4n) is 3.34. The molecule has 1 amide bonds. The summed E-state index contributed by atoms with van der Waals surface area (Å²) >= 11 is 5.95. The van der Waals surface area contributed by atoms with E-state index in [0.29, 0.717) is 29.2 Å². The molecule has 0 aliphatic carbocycles. The van der Waals surface area contributed by atoms with Crippen molar-refractivity contribution in [3.63, 3.8) is 0 Å². The molecule has 0 saturated heterocycles. The van der Waals surface area contributed by atoms with Crippen LogP contribution in [0, 0.1) is 5.82 Å². The maximum atomic E-state index is 14.5. The van der Waals surface area contributed by atoms with E-state index >= 15 is 0 Å². The molecule has 0 fully saturated rings. The average molecular weight is 371 g/mol. The number of hydrogen-bond acceptors (Lipinski definition) is 3. The molecule has 0 radical (unpaired) electrons. The largest absolute Gasteiger partial charge is 0.497 e. The number of ether oxygens (including phenoxy) is 1. The Labute approximate surface area is 155 Å². The van der Waals surface area contributed by atoms with Gasteiger partial charge in [0.15, 0.2) is 0 Å². The fraction of sp³-hybridized carbons (Fsp3) is 0.200. The number of nitrogens with zero attached hydrogens (tertiary/aromatic N) is 2. The highest BCUT2D eigenvalue weighted by atomic mass is 35.5. The van der Waals surface area contributed by atoms with E-state index in [-0.39, 0.29) is 11.6 Å². The number of pyridine rings is 1. The Kier molecular flexibility index (Phi) is 4.24. The maximum Gasteiger partial charge on any atom is 0.276 e. The van der Waals surface area contributed by atoms with Gasteiger partial charge in [0.1, 0.15) is 17.3 Å². The molecular weight excluding hydrogens is 355 g/mol. The number of aryl methyl sites for hydroxylation is 1. The molecule has 0 N–H and O–H groups in total. The molecule has 0 bridgehead atoms. The van der Waals surface area contributed by atoms with Gasteiger partial charge in [0.25, 0.3) is 5.91 Å². The van der Waals surface area contributed by atoms with Gasteiger partial charge in [0.05, 0.1) is 18.3 Å². The first-order valence-corrected chi connectivity index (χ1v) is 8.69. The third-order valence-electron chi connectivity index (χ3n) is 4.57. The zero-order valence-corrected chi connectivity index (χ0v) is 14.9. The van der Waals surface area contributed by atoms with Gasteiger partial charge in [-0.05, 0) is 54.8 Å². The number of rotatable bonds is 2. The summed E-state index contributed by atoms with van der Waals surface area (Å²) in [7, 11) is 1.60. The van der Waals surface area contributed by atoms with Crippen molar-refractivity contribution >= 4 is 34.1 Å². The van der Waals surface area contributed by atoms with Crippen LogP contribution in [0.2, 0.25) is 5.02 Å². The first kappa shape index (κ1) is 16.8. The highest BCUT2D eigenvalue weighted by Crippen LogP contribution is 2.33. The highest BCUT2D eigenvalue weighted by Gasteiger charge is 2.28. The highest BCUT2D eigenvalue weighted by molar-refractivity contribution is 6.30. The van der Waals surface area contributed by atoms with E-state index in [2.05, 4.69) is 4.98 Å². The van der Waals surface area contributed by atoms with E-state index in [1.807, 2.05) is 12.1 Å². The zero-order valence-electron chi connectivity index (χ0n) is 14.1. The fourth-order valence-corrected chi connectivity index (χ4v) is 3.57. The van der Waals surface area contributed by atoms with Crippen LogP contribution in [0.3, 0.4) is 0 Å². The van der Waals surface area contributed by atoms with Crippen LogP contribution in [-0.2, 0) is 6.42 Å². The Bertz CT molecular complexity index is 1020. The molecule has 1 aliphatic heterocycles. The van der Waals surface area contributed by atoms with Gasteiger partial charge in [-0.2, -0.15) is 0 Å². The lowest BCUT2D eigenvalue weighted by Gasteiger charge is -2.29. The molecule has 6 heteroatoms. The van der Waals surface area contributed by atoms with Crippen LogP contribution >= 0.6 is 11.6 Å². The zero-order chi connectivity index (χ0) is 18.3. The minimum Gasteiger partial charge on any atom is -0.497 e. The van der Waals surface area contributed by atoms with Gasteiger partial charge < -0.3 is 9.64 Å². The smallest absolute Gasteiger partial charge is 0.276 e. The number of fused-ring (bicyclic) bond motifs is 2. The number of carbonyl (C=O) groups is 1. The molecule has 4 nitrogen and oxygen atoms in total. The predicted molar refractivity (Wildman–Crippen MR) is 99.7 cm³/mol. The molecule has 3 aromatic rings. The molecule has 0 unspecified atom stereocenters. The molecule has 1 aliphatic rings. The molecule has 1 aromatic heterocycles. The van der Waals surface area contributed by atoms with Gasteiger partial charge in [-0.1, -0.05) is 17.7 Å². The number of methoxy groups -OCH3 is 1. The standard InChI is InChI=1S/C20H16ClFN2O2/c1-26-15-5-7-17-12(10-15)4-6-18(23-17)20(25)24-8-2-3-13-9-14(21)11-16(22)19(13)24/h4-7,9-11H,2-3,8H2,1H3. The summed E-state index contributed by atoms with van der Waals surface area (Å²) in [6, 6.07) is 11.9. The van der Waals surface area contributed by atoms with Gasteiger partial charge in [-0.3, -0.25) is 4.79 Å². The molecule has 2 aromatic carbocycles. The van der Waals surface area contributed by atoms with Crippen LogP contribution in [0.25, 0.3) is 10.9 Å². The topological polar surface area (TPSA) is 42.4 Å². The molecule has 0 spiro atoms. The molecule has 132 valence electrons. The van der Waals surface area contributed by atoms with E-state index in [9.17, 15) is 9.18 Å². The van der Waals surface area contributed by atoms with E-state index in [1.54, 1.807) is 31.4 Å².